The normalized spacial score (nSPS) is 22.4. The third-order valence-corrected chi connectivity index (χ3v) is 4.02. The fourth-order valence-corrected chi connectivity index (χ4v) is 2.72. The highest BCUT2D eigenvalue weighted by atomic mass is 35.5. The number of benzene rings is 1. The molecule has 2 rings (SSSR count). The lowest BCUT2D eigenvalue weighted by Gasteiger charge is -2.26. The zero-order chi connectivity index (χ0) is 14.4. The van der Waals surface area contributed by atoms with Crippen LogP contribution in [0.4, 0.5) is 0 Å². The van der Waals surface area contributed by atoms with E-state index in [2.05, 4.69) is 5.32 Å². The number of carboxylic acid groups (broad SMARTS) is 1. The van der Waals surface area contributed by atoms with Gasteiger partial charge in [0, 0.05) is 12.6 Å². The Morgan fingerprint density at radius 2 is 2.00 bits per heavy atom. The van der Waals surface area contributed by atoms with Gasteiger partial charge >= 0.3 is 5.97 Å². The highest BCUT2D eigenvalue weighted by Gasteiger charge is 2.25. The average molecular weight is 298 g/mol. The summed E-state index contributed by atoms with van der Waals surface area (Å²) in [5.74, 6) is -0.122. The van der Waals surface area contributed by atoms with E-state index in [4.69, 9.17) is 21.4 Å². The van der Waals surface area contributed by atoms with E-state index in [1.165, 1.54) is 0 Å². The number of nitrogens with one attached hydrogen (secondary N) is 1. The van der Waals surface area contributed by atoms with Crippen LogP contribution in [0.1, 0.15) is 25.7 Å². The molecule has 1 aliphatic carbocycles. The SMILES string of the molecule is O=C(O)C1CCC(NCCOc2ccccc2Cl)CC1. The predicted octanol–water partition coefficient (Wildman–Crippen LogP) is 2.95. The van der Waals surface area contributed by atoms with Gasteiger partial charge in [-0.3, -0.25) is 4.79 Å². The monoisotopic (exact) mass is 297 g/mol. The smallest absolute Gasteiger partial charge is 0.306 e. The van der Waals surface area contributed by atoms with Crippen molar-refractivity contribution in [3.05, 3.63) is 29.3 Å². The topological polar surface area (TPSA) is 58.6 Å². The molecule has 0 unspecified atom stereocenters. The molecule has 0 heterocycles. The maximum absolute atomic E-state index is 10.9. The molecule has 0 atom stereocenters. The highest BCUT2D eigenvalue weighted by Crippen LogP contribution is 2.25. The third-order valence-electron chi connectivity index (χ3n) is 3.71. The van der Waals surface area contributed by atoms with Gasteiger partial charge in [-0.05, 0) is 37.8 Å². The summed E-state index contributed by atoms with van der Waals surface area (Å²) in [7, 11) is 0. The van der Waals surface area contributed by atoms with Crippen molar-refractivity contribution in [2.45, 2.75) is 31.7 Å². The van der Waals surface area contributed by atoms with Gasteiger partial charge in [0.15, 0.2) is 0 Å². The van der Waals surface area contributed by atoms with E-state index in [1.807, 2.05) is 18.2 Å². The number of hydrogen-bond acceptors (Lipinski definition) is 3. The molecule has 0 aliphatic heterocycles. The standard InChI is InChI=1S/C15H20ClNO3/c16-13-3-1-2-4-14(13)20-10-9-17-12-7-5-11(6-8-12)15(18)19/h1-4,11-12,17H,5-10H2,(H,18,19). The van der Waals surface area contributed by atoms with Crippen molar-refractivity contribution < 1.29 is 14.6 Å². The Kier molecular flexibility index (Phi) is 5.68. The van der Waals surface area contributed by atoms with Crippen molar-refractivity contribution in [3.8, 4) is 5.75 Å². The Balaban J connectivity index is 1.63. The summed E-state index contributed by atoms with van der Waals surface area (Å²) in [5.41, 5.74) is 0. The first-order valence-corrected chi connectivity index (χ1v) is 7.38. The first-order valence-electron chi connectivity index (χ1n) is 7.00. The van der Waals surface area contributed by atoms with E-state index in [-0.39, 0.29) is 5.92 Å². The van der Waals surface area contributed by atoms with Gasteiger partial charge in [0.25, 0.3) is 0 Å². The number of ether oxygens (including phenoxy) is 1. The second kappa shape index (κ2) is 7.50. The molecule has 5 heteroatoms. The van der Waals surface area contributed by atoms with Crippen LogP contribution in [0.2, 0.25) is 5.02 Å². The van der Waals surface area contributed by atoms with Crippen LogP contribution in [0, 0.1) is 5.92 Å². The van der Waals surface area contributed by atoms with Crippen molar-refractivity contribution in [3.63, 3.8) is 0 Å². The lowest BCUT2D eigenvalue weighted by atomic mass is 9.86. The van der Waals surface area contributed by atoms with Crippen LogP contribution in [0.15, 0.2) is 24.3 Å². The van der Waals surface area contributed by atoms with Crippen LogP contribution in [0.3, 0.4) is 0 Å². The van der Waals surface area contributed by atoms with E-state index in [0.29, 0.717) is 23.4 Å². The minimum absolute atomic E-state index is 0.160. The summed E-state index contributed by atoms with van der Waals surface area (Å²) in [4.78, 5) is 10.9. The minimum Gasteiger partial charge on any atom is -0.491 e. The summed E-state index contributed by atoms with van der Waals surface area (Å²) >= 11 is 6.00. The van der Waals surface area contributed by atoms with Crippen LogP contribution in [-0.2, 0) is 4.79 Å². The Morgan fingerprint density at radius 1 is 1.30 bits per heavy atom. The maximum atomic E-state index is 10.9. The Hall–Kier alpha value is -1.26. The summed E-state index contributed by atoms with van der Waals surface area (Å²) < 4.78 is 5.60. The lowest BCUT2D eigenvalue weighted by Crippen LogP contribution is -2.37. The van der Waals surface area contributed by atoms with Crippen LogP contribution in [0.5, 0.6) is 5.75 Å². The molecule has 0 amide bonds. The van der Waals surface area contributed by atoms with Crippen molar-refractivity contribution in [1.29, 1.82) is 0 Å². The highest BCUT2D eigenvalue weighted by molar-refractivity contribution is 6.32. The van der Waals surface area contributed by atoms with Crippen molar-refractivity contribution in [2.75, 3.05) is 13.2 Å². The zero-order valence-electron chi connectivity index (χ0n) is 11.3. The Morgan fingerprint density at radius 3 is 2.65 bits per heavy atom. The Bertz CT molecular complexity index is 444. The maximum Gasteiger partial charge on any atom is 0.306 e. The second-order valence-corrected chi connectivity index (χ2v) is 5.53. The fourth-order valence-electron chi connectivity index (χ4n) is 2.53. The fraction of sp³-hybridized carbons (Fsp3) is 0.533. The van der Waals surface area contributed by atoms with E-state index in [1.54, 1.807) is 6.07 Å². The molecule has 0 aromatic heterocycles. The number of carbonyl (C=O) groups is 1. The van der Waals surface area contributed by atoms with Gasteiger partial charge in [-0.15, -0.1) is 0 Å². The van der Waals surface area contributed by atoms with E-state index < -0.39 is 5.97 Å². The molecule has 0 saturated heterocycles. The number of para-hydroxylation sites is 1. The van der Waals surface area contributed by atoms with Crippen LogP contribution in [-0.4, -0.2) is 30.3 Å². The van der Waals surface area contributed by atoms with E-state index in [0.717, 1.165) is 32.2 Å². The number of carboxylic acids is 1. The summed E-state index contributed by atoms with van der Waals surface area (Å²) in [6.07, 6.45) is 3.36. The quantitative estimate of drug-likeness (QED) is 0.793. The van der Waals surface area contributed by atoms with E-state index in [9.17, 15) is 4.79 Å². The molecule has 0 bridgehead atoms. The minimum atomic E-state index is -0.662. The van der Waals surface area contributed by atoms with Gasteiger partial charge in [-0.25, -0.2) is 0 Å². The number of aliphatic carboxylic acids is 1. The predicted molar refractivity (Wildman–Crippen MR) is 78.3 cm³/mol. The van der Waals surface area contributed by atoms with Crippen molar-refractivity contribution in [1.82, 2.24) is 5.32 Å². The largest absolute Gasteiger partial charge is 0.491 e. The molecule has 1 aromatic carbocycles. The molecule has 1 saturated carbocycles. The molecule has 4 nitrogen and oxygen atoms in total. The summed E-state index contributed by atoms with van der Waals surface area (Å²) in [5, 5.41) is 13.0. The van der Waals surface area contributed by atoms with Crippen molar-refractivity contribution in [2.24, 2.45) is 5.92 Å². The third kappa shape index (κ3) is 4.39. The average Bonchev–Trinajstić information content (AvgIpc) is 2.46. The van der Waals surface area contributed by atoms with Gasteiger partial charge in [0.1, 0.15) is 12.4 Å². The van der Waals surface area contributed by atoms with Crippen LogP contribution >= 0.6 is 11.6 Å². The van der Waals surface area contributed by atoms with Crippen LogP contribution < -0.4 is 10.1 Å². The summed E-state index contributed by atoms with van der Waals surface area (Å²) in [6.45, 7) is 1.30. The molecule has 1 aromatic rings. The molecule has 20 heavy (non-hydrogen) atoms. The molecule has 110 valence electrons. The molecule has 1 aliphatic rings. The Labute approximate surface area is 124 Å². The molecule has 0 spiro atoms. The van der Waals surface area contributed by atoms with Gasteiger partial charge in [0.05, 0.1) is 10.9 Å². The number of rotatable bonds is 6. The molecule has 0 radical (unpaired) electrons. The van der Waals surface area contributed by atoms with Gasteiger partial charge in [-0.2, -0.15) is 0 Å². The summed E-state index contributed by atoms with van der Waals surface area (Å²) in [6, 6.07) is 7.81. The number of halogens is 1. The molecular weight excluding hydrogens is 278 g/mol. The van der Waals surface area contributed by atoms with Crippen molar-refractivity contribution >= 4 is 17.6 Å². The molecular formula is C15H20ClNO3. The first-order chi connectivity index (χ1) is 9.66. The first kappa shape index (κ1) is 15.1. The lowest BCUT2D eigenvalue weighted by molar-refractivity contribution is -0.142. The second-order valence-electron chi connectivity index (χ2n) is 5.12. The molecule has 2 N–H and O–H groups in total. The van der Waals surface area contributed by atoms with Gasteiger partial charge in [0.2, 0.25) is 0 Å². The van der Waals surface area contributed by atoms with Gasteiger partial charge in [-0.1, -0.05) is 23.7 Å². The molecule has 1 fully saturated rings. The van der Waals surface area contributed by atoms with E-state index >= 15 is 0 Å². The van der Waals surface area contributed by atoms with Gasteiger partial charge < -0.3 is 15.2 Å². The number of hydrogen-bond donors (Lipinski definition) is 2. The zero-order valence-corrected chi connectivity index (χ0v) is 12.1. The van der Waals surface area contributed by atoms with Crippen LogP contribution in [0.25, 0.3) is 0 Å².